The maximum absolute atomic E-state index is 6.70. The third-order valence-electron chi connectivity index (χ3n) is 9.76. The maximum Gasteiger partial charge on any atom is 0.167 e. The van der Waals surface area contributed by atoms with Crippen LogP contribution in [-0.2, 0) is 0 Å². The van der Waals surface area contributed by atoms with Gasteiger partial charge in [0, 0.05) is 43.4 Å². The summed E-state index contributed by atoms with van der Waals surface area (Å²) >= 11 is 0. The van der Waals surface area contributed by atoms with E-state index >= 15 is 0 Å². The fourth-order valence-electron chi connectivity index (χ4n) is 7.35. The SMILES string of the molecule is c1ccc(-c2nc(-c3cccc4c3oc3cc(-c5ccc6c(c5)oc5ccccc56)ccc34)nc(-c3cccc4oc5ccccc5c34)n2)cc1. The Hall–Kier alpha value is -7.05. The average molecular weight is 656 g/mol. The summed E-state index contributed by atoms with van der Waals surface area (Å²) in [6.45, 7) is 0. The lowest BCUT2D eigenvalue weighted by Crippen LogP contribution is -2.00. The first kappa shape index (κ1) is 27.9. The van der Waals surface area contributed by atoms with E-state index in [0.717, 1.165) is 93.6 Å². The lowest BCUT2D eigenvalue weighted by atomic mass is 10.0. The molecule has 0 atom stereocenters. The summed E-state index contributed by atoms with van der Waals surface area (Å²) < 4.78 is 19.1. The van der Waals surface area contributed by atoms with Crippen molar-refractivity contribution in [1.82, 2.24) is 15.0 Å². The van der Waals surface area contributed by atoms with Crippen molar-refractivity contribution in [2.75, 3.05) is 0 Å². The molecule has 0 amide bonds. The van der Waals surface area contributed by atoms with Gasteiger partial charge in [-0.3, -0.25) is 0 Å². The molecule has 0 unspecified atom stereocenters. The monoisotopic (exact) mass is 655 g/mol. The van der Waals surface area contributed by atoms with E-state index in [4.69, 9.17) is 28.2 Å². The van der Waals surface area contributed by atoms with E-state index in [9.17, 15) is 0 Å². The van der Waals surface area contributed by atoms with Crippen LogP contribution < -0.4 is 0 Å². The molecular weight excluding hydrogens is 631 g/mol. The molecular formula is C45H25N3O3. The van der Waals surface area contributed by atoms with Crippen LogP contribution in [0.3, 0.4) is 0 Å². The molecule has 0 aliphatic carbocycles. The zero-order valence-corrected chi connectivity index (χ0v) is 27.0. The molecule has 0 aliphatic heterocycles. The van der Waals surface area contributed by atoms with Gasteiger partial charge in [-0.1, -0.05) is 103 Å². The summed E-state index contributed by atoms with van der Waals surface area (Å²) in [5, 5.41) is 6.22. The van der Waals surface area contributed by atoms with Gasteiger partial charge in [0.25, 0.3) is 0 Å². The van der Waals surface area contributed by atoms with Crippen LogP contribution in [0.5, 0.6) is 0 Å². The van der Waals surface area contributed by atoms with Crippen molar-refractivity contribution < 1.29 is 13.3 Å². The van der Waals surface area contributed by atoms with Crippen molar-refractivity contribution in [1.29, 1.82) is 0 Å². The molecule has 4 heterocycles. The fraction of sp³-hybridized carbons (Fsp3) is 0. The minimum absolute atomic E-state index is 0.531. The zero-order chi connectivity index (χ0) is 33.5. The van der Waals surface area contributed by atoms with Crippen LogP contribution in [0.2, 0.25) is 0 Å². The molecule has 0 spiro atoms. The van der Waals surface area contributed by atoms with Crippen molar-refractivity contribution in [2.24, 2.45) is 0 Å². The predicted molar refractivity (Wildman–Crippen MR) is 203 cm³/mol. The number of hydrogen-bond donors (Lipinski definition) is 0. The summed E-state index contributed by atoms with van der Waals surface area (Å²) in [5.41, 5.74) is 9.52. The molecule has 0 saturated heterocycles. The number of hydrogen-bond acceptors (Lipinski definition) is 6. The molecule has 6 heteroatoms. The zero-order valence-electron chi connectivity index (χ0n) is 27.0. The minimum atomic E-state index is 0.531. The lowest BCUT2D eigenvalue weighted by Gasteiger charge is -2.09. The first-order valence-electron chi connectivity index (χ1n) is 16.8. The Balaban J connectivity index is 1.09. The summed E-state index contributed by atoms with van der Waals surface area (Å²) in [6.07, 6.45) is 0. The minimum Gasteiger partial charge on any atom is -0.456 e. The van der Waals surface area contributed by atoms with E-state index in [1.807, 2.05) is 97.1 Å². The van der Waals surface area contributed by atoms with Gasteiger partial charge in [0.15, 0.2) is 17.5 Å². The van der Waals surface area contributed by atoms with Gasteiger partial charge in [-0.05, 0) is 59.7 Å². The molecule has 6 nitrogen and oxygen atoms in total. The molecule has 0 bridgehead atoms. The lowest BCUT2D eigenvalue weighted by molar-refractivity contribution is 0.668. The van der Waals surface area contributed by atoms with Crippen LogP contribution in [0, 0.1) is 0 Å². The Labute approximate surface area is 290 Å². The van der Waals surface area contributed by atoms with Gasteiger partial charge >= 0.3 is 0 Å². The molecule has 0 aliphatic rings. The van der Waals surface area contributed by atoms with Gasteiger partial charge in [-0.25, -0.2) is 15.0 Å². The Morgan fingerprint density at radius 2 is 0.843 bits per heavy atom. The highest BCUT2D eigenvalue weighted by atomic mass is 16.3. The Bertz CT molecular complexity index is 3150. The highest BCUT2D eigenvalue weighted by Gasteiger charge is 2.20. The Morgan fingerprint density at radius 3 is 1.65 bits per heavy atom. The number of furan rings is 3. The van der Waals surface area contributed by atoms with E-state index in [-0.39, 0.29) is 0 Å². The van der Waals surface area contributed by atoms with Gasteiger partial charge in [0.05, 0.1) is 5.56 Å². The molecule has 0 radical (unpaired) electrons. The molecule has 4 aromatic heterocycles. The van der Waals surface area contributed by atoms with Gasteiger partial charge < -0.3 is 13.3 Å². The number of nitrogens with zero attached hydrogens (tertiary/aromatic N) is 3. The third-order valence-corrected chi connectivity index (χ3v) is 9.76. The maximum atomic E-state index is 6.70. The van der Waals surface area contributed by atoms with Gasteiger partial charge in [-0.2, -0.15) is 0 Å². The van der Waals surface area contributed by atoms with E-state index < -0.39 is 0 Å². The van der Waals surface area contributed by atoms with Crippen LogP contribution in [0.15, 0.2) is 165 Å². The number of fused-ring (bicyclic) bond motifs is 9. The highest BCUT2D eigenvalue weighted by Crippen LogP contribution is 2.40. The first-order valence-corrected chi connectivity index (χ1v) is 16.8. The molecule has 11 aromatic rings. The molecule has 11 rings (SSSR count). The summed E-state index contributed by atoms with van der Waals surface area (Å²) in [5.74, 6) is 1.67. The average Bonchev–Trinajstić information content (AvgIpc) is 3.88. The quantitative estimate of drug-likeness (QED) is 0.188. The smallest absolute Gasteiger partial charge is 0.167 e. The number of para-hydroxylation sites is 3. The predicted octanol–water partition coefficient (Wildman–Crippen LogP) is 12.2. The van der Waals surface area contributed by atoms with Crippen LogP contribution in [0.4, 0.5) is 0 Å². The van der Waals surface area contributed by atoms with E-state index in [1.165, 1.54) is 0 Å². The van der Waals surface area contributed by atoms with Crippen LogP contribution in [0.1, 0.15) is 0 Å². The highest BCUT2D eigenvalue weighted by molar-refractivity contribution is 6.13. The van der Waals surface area contributed by atoms with Crippen molar-refractivity contribution in [3.8, 4) is 45.3 Å². The van der Waals surface area contributed by atoms with Crippen molar-refractivity contribution in [2.45, 2.75) is 0 Å². The second-order valence-corrected chi connectivity index (χ2v) is 12.8. The van der Waals surface area contributed by atoms with Crippen LogP contribution in [0.25, 0.3) is 111 Å². The number of rotatable bonds is 4. The van der Waals surface area contributed by atoms with Crippen molar-refractivity contribution in [3.63, 3.8) is 0 Å². The standard InChI is InChI=1S/C45H25N3O3/c1-2-10-26(11-3-1)43-46-44(34-15-9-19-38-41(34)33-13-5-7-18-37(33)49-38)48-45(47-43)35-16-8-14-32-31-23-21-28(25-40(31)51-42(32)35)27-20-22-30-29-12-4-6-17-36(29)50-39(30)24-27/h1-25H. The second kappa shape index (κ2) is 10.7. The summed E-state index contributed by atoms with van der Waals surface area (Å²) in [7, 11) is 0. The van der Waals surface area contributed by atoms with E-state index in [0.29, 0.717) is 17.5 Å². The third kappa shape index (κ3) is 4.33. The van der Waals surface area contributed by atoms with Gasteiger partial charge in [-0.15, -0.1) is 0 Å². The second-order valence-electron chi connectivity index (χ2n) is 12.8. The molecule has 0 fully saturated rings. The topological polar surface area (TPSA) is 78.1 Å². The first-order chi connectivity index (χ1) is 25.2. The summed E-state index contributed by atoms with van der Waals surface area (Å²) in [4.78, 5) is 15.2. The van der Waals surface area contributed by atoms with E-state index in [2.05, 4.69) is 54.6 Å². The normalized spacial score (nSPS) is 11.9. The van der Waals surface area contributed by atoms with Gasteiger partial charge in [0.1, 0.15) is 33.5 Å². The summed E-state index contributed by atoms with van der Waals surface area (Å²) in [6, 6.07) is 51.1. The van der Waals surface area contributed by atoms with Gasteiger partial charge in [0.2, 0.25) is 0 Å². The fourth-order valence-corrected chi connectivity index (χ4v) is 7.35. The molecule has 7 aromatic carbocycles. The number of benzene rings is 7. The molecule has 238 valence electrons. The van der Waals surface area contributed by atoms with Crippen LogP contribution in [-0.4, -0.2) is 15.0 Å². The molecule has 0 N–H and O–H groups in total. The van der Waals surface area contributed by atoms with Crippen molar-refractivity contribution in [3.05, 3.63) is 152 Å². The van der Waals surface area contributed by atoms with Crippen molar-refractivity contribution >= 4 is 65.8 Å². The van der Waals surface area contributed by atoms with Crippen LogP contribution >= 0.6 is 0 Å². The van der Waals surface area contributed by atoms with E-state index in [1.54, 1.807) is 0 Å². The molecule has 51 heavy (non-hydrogen) atoms. The Morgan fingerprint density at radius 1 is 0.314 bits per heavy atom. The molecule has 0 saturated carbocycles. The largest absolute Gasteiger partial charge is 0.456 e. The number of aromatic nitrogens is 3. The Kier molecular flexibility index (Phi) is 5.86.